The zero-order valence-corrected chi connectivity index (χ0v) is 12.1. The van der Waals surface area contributed by atoms with Crippen molar-refractivity contribution in [3.05, 3.63) is 42.2 Å². The average Bonchev–Trinajstić information content (AvgIpc) is 2.78. The molecule has 0 aliphatic rings. The third kappa shape index (κ3) is 2.85. The summed E-state index contributed by atoms with van der Waals surface area (Å²) < 4.78 is 2.18. The summed E-state index contributed by atoms with van der Waals surface area (Å²) >= 11 is 0. The summed E-state index contributed by atoms with van der Waals surface area (Å²) in [5.41, 5.74) is 2.37. The minimum Gasteiger partial charge on any atom is -0.330 e. The van der Waals surface area contributed by atoms with E-state index in [4.69, 9.17) is 0 Å². The maximum absolute atomic E-state index is 4.58. The second-order valence-electron chi connectivity index (χ2n) is 4.97. The third-order valence-electron chi connectivity index (χ3n) is 3.42. The predicted octanol–water partition coefficient (Wildman–Crippen LogP) is 1.91. The van der Waals surface area contributed by atoms with E-state index in [1.165, 1.54) is 5.69 Å². The average molecular weight is 258 g/mol. The van der Waals surface area contributed by atoms with Crippen LogP contribution in [-0.2, 0) is 7.05 Å². The molecule has 0 saturated carbocycles. The standard InChI is InChI=1S/C15H22N4/c1-16-10-13(18(2)3)14-11-17-15(19(14)4)12-8-6-5-7-9-12/h5-9,11,13,16H,10H2,1-4H3. The fourth-order valence-electron chi connectivity index (χ4n) is 2.33. The molecular formula is C15H22N4. The van der Waals surface area contributed by atoms with Crippen molar-refractivity contribution in [3.63, 3.8) is 0 Å². The van der Waals surface area contributed by atoms with Crippen LogP contribution in [0.4, 0.5) is 0 Å². The van der Waals surface area contributed by atoms with Crippen LogP contribution in [0.2, 0.25) is 0 Å². The molecule has 19 heavy (non-hydrogen) atoms. The van der Waals surface area contributed by atoms with Gasteiger partial charge >= 0.3 is 0 Å². The second kappa shape index (κ2) is 5.99. The van der Waals surface area contributed by atoms with Gasteiger partial charge in [0.05, 0.1) is 17.9 Å². The summed E-state index contributed by atoms with van der Waals surface area (Å²) in [4.78, 5) is 6.79. The van der Waals surface area contributed by atoms with Crippen molar-refractivity contribution >= 4 is 0 Å². The van der Waals surface area contributed by atoms with E-state index >= 15 is 0 Å². The lowest BCUT2D eigenvalue weighted by Crippen LogP contribution is -2.30. The molecule has 1 unspecified atom stereocenters. The van der Waals surface area contributed by atoms with Gasteiger partial charge in [0.15, 0.2) is 0 Å². The number of likely N-dealkylation sites (N-methyl/N-ethyl adjacent to an activating group) is 2. The Labute approximate surface area is 115 Å². The van der Waals surface area contributed by atoms with Crippen LogP contribution in [0, 0.1) is 0 Å². The van der Waals surface area contributed by atoms with Gasteiger partial charge in [0.25, 0.3) is 0 Å². The van der Waals surface area contributed by atoms with E-state index in [2.05, 4.69) is 53.0 Å². The fourth-order valence-corrected chi connectivity index (χ4v) is 2.33. The first kappa shape index (κ1) is 13.8. The lowest BCUT2D eigenvalue weighted by Gasteiger charge is -2.24. The molecule has 0 fully saturated rings. The molecule has 0 aliphatic heterocycles. The quantitative estimate of drug-likeness (QED) is 0.889. The number of nitrogens with zero attached hydrogens (tertiary/aromatic N) is 3. The van der Waals surface area contributed by atoms with Gasteiger partial charge < -0.3 is 9.88 Å². The summed E-state index contributed by atoms with van der Waals surface area (Å²) in [5, 5.41) is 3.24. The molecule has 0 bridgehead atoms. The Hall–Kier alpha value is -1.65. The maximum atomic E-state index is 4.58. The smallest absolute Gasteiger partial charge is 0.139 e. The molecule has 0 radical (unpaired) electrons. The van der Waals surface area contributed by atoms with E-state index < -0.39 is 0 Å². The van der Waals surface area contributed by atoms with Crippen LogP contribution >= 0.6 is 0 Å². The Morgan fingerprint density at radius 1 is 1.26 bits per heavy atom. The van der Waals surface area contributed by atoms with Crippen molar-refractivity contribution in [2.24, 2.45) is 7.05 Å². The van der Waals surface area contributed by atoms with E-state index in [9.17, 15) is 0 Å². The monoisotopic (exact) mass is 258 g/mol. The van der Waals surface area contributed by atoms with E-state index in [0.29, 0.717) is 6.04 Å². The zero-order valence-electron chi connectivity index (χ0n) is 12.1. The minimum atomic E-state index is 0.319. The lowest BCUT2D eigenvalue weighted by molar-refractivity contribution is 0.283. The van der Waals surface area contributed by atoms with E-state index in [1.807, 2.05) is 31.4 Å². The number of rotatable bonds is 5. The highest BCUT2D eigenvalue weighted by molar-refractivity contribution is 5.55. The van der Waals surface area contributed by atoms with Crippen LogP contribution in [0.25, 0.3) is 11.4 Å². The normalized spacial score (nSPS) is 12.9. The van der Waals surface area contributed by atoms with Gasteiger partial charge in [0.1, 0.15) is 5.82 Å². The van der Waals surface area contributed by atoms with Crippen LogP contribution in [0.5, 0.6) is 0 Å². The van der Waals surface area contributed by atoms with Gasteiger partial charge in [0.2, 0.25) is 0 Å². The summed E-state index contributed by atoms with van der Waals surface area (Å²) in [7, 11) is 8.25. The SMILES string of the molecule is CNCC(c1cnc(-c2ccccc2)n1C)N(C)C. The van der Waals surface area contributed by atoms with Gasteiger partial charge in [-0.15, -0.1) is 0 Å². The molecule has 1 atom stereocenters. The van der Waals surface area contributed by atoms with Gasteiger partial charge in [-0.05, 0) is 21.1 Å². The first-order valence-electron chi connectivity index (χ1n) is 6.53. The molecule has 0 saturated heterocycles. The van der Waals surface area contributed by atoms with Crippen molar-refractivity contribution in [2.75, 3.05) is 27.7 Å². The molecule has 1 aromatic heterocycles. The van der Waals surface area contributed by atoms with Gasteiger partial charge in [-0.1, -0.05) is 30.3 Å². The topological polar surface area (TPSA) is 33.1 Å². The Morgan fingerprint density at radius 2 is 1.95 bits per heavy atom. The summed E-state index contributed by atoms with van der Waals surface area (Å²) in [6.45, 7) is 0.904. The van der Waals surface area contributed by atoms with Crippen LogP contribution in [0.3, 0.4) is 0 Å². The van der Waals surface area contributed by atoms with Crippen molar-refractivity contribution in [3.8, 4) is 11.4 Å². The molecule has 0 aliphatic carbocycles. The van der Waals surface area contributed by atoms with Gasteiger partial charge in [-0.25, -0.2) is 4.98 Å². The third-order valence-corrected chi connectivity index (χ3v) is 3.42. The first-order chi connectivity index (χ1) is 9.15. The molecule has 4 heteroatoms. The molecule has 1 N–H and O–H groups in total. The number of nitrogens with one attached hydrogen (secondary N) is 1. The molecular weight excluding hydrogens is 236 g/mol. The molecule has 1 aromatic carbocycles. The van der Waals surface area contributed by atoms with E-state index in [1.54, 1.807) is 0 Å². The van der Waals surface area contributed by atoms with Crippen LogP contribution in [0.15, 0.2) is 36.5 Å². The molecule has 2 aromatic rings. The summed E-state index contributed by atoms with van der Waals surface area (Å²) in [6, 6.07) is 10.6. The highest BCUT2D eigenvalue weighted by Crippen LogP contribution is 2.23. The molecule has 0 spiro atoms. The first-order valence-corrected chi connectivity index (χ1v) is 6.53. The largest absolute Gasteiger partial charge is 0.330 e. The molecule has 0 amide bonds. The highest BCUT2D eigenvalue weighted by Gasteiger charge is 2.19. The lowest BCUT2D eigenvalue weighted by atomic mass is 10.2. The second-order valence-corrected chi connectivity index (χ2v) is 4.97. The van der Waals surface area contributed by atoms with Crippen molar-refractivity contribution in [2.45, 2.75) is 6.04 Å². The van der Waals surface area contributed by atoms with Crippen LogP contribution in [0.1, 0.15) is 11.7 Å². The predicted molar refractivity (Wildman–Crippen MR) is 79.0 cm³/mol. The van der Waals surface area contributed by atoms with Crippen LogP contribution < -0.4 is 5.32 Å². The van der Waals surface area contributed by atoms with E-state index in [0.717, 1.165) is 17.9 Å². The number of hydrogen-bond donors (Lipinski definition) is 1. The van der Waals surface area contributed by atoms with Gasteiger partial charge in [-0.2, -0.15) is 0 Å². The van der Waals surface area contributed by atoms with Gasteiger partial charge in [-0.3, -0.25) is 4.90 Å². The summed E-state index contributed by atoms with van der Waals surface area (Å²) in [5.74, 6) is 1.01. The van der Waals surface area contributed by atoms with Crippen LogP contribution in [-0.4, -0.2) is 42.1 Å². The Morgan fingerprint density at radius 3 is 2.53 bits per heavy atom. The number of hydrogen-bond acceptors (Lipinski definition) is 3. The number of imidazole rings is 1. The Balaban J connectivity index is 2.37. The molecule has 4 nitrogen and oxygen atoms in total. The Kier molecular flexibility index (Phi) is 4.35. The van der Waals surface area contributed by atoms with E-state index in [-0.39, 0.29) is 0 Å². The number of benzene rings is 1. The molecule has 2 rings (SSSR count). The van der Waals surface area contributed by atoms with Crippen molar-refractivity contribution in [1.82, 2.24) is 19.8 Å². The zero-order chi connectivity index (χ0) is 13.8. The Bertz CT molecular complexity index is 516. The van der Waals surface area contributed by atoms with Crippen molar-refractivity contribution in [1.29, 1.82) is 0 Å². The number of aromatic nitrogens is 2. The molecule has 1 heterocycles. The summed E-state index contributed by atoms with van der Waals surface area (Å²) in [6.07, 6.45) is 1.98. The maximum Gasteiger partial charge on any atom is 0.139 e. The fraction of sp³-hybridized carbons (Fsp3) is 0.400. The molecule has 102 valence electrons. The highest BCUT2D eigenvalue weighted by atomic mass is 15.2. The minimum absolute atomic E-state index is 0.319. The van der Waals surface area contributed by atoms with Crippen molar-refractivity contribution < 1.29 is 0 Å². The van der Waals surface area contributed by atoms with Gasteiger partial charge in [0, 0.05) is 19.2 Å².